The van der Waals surface area contributed by atoms with E-state index in [-0.39, 0.29) is 0 Å². The van der Waals surface area contributed by atoms with Crippen molar-refractivity contribution in [3.8, 4) is 11.8 Å². The summed E-state index contributed by atoms with van der Waals surface area (Å²) in [5.41, 5.74) is 9.42. The summed E-state index contributed by atoms with van der Waals surface area (Å²) in [4.78, 5) is 0. The molecule has 0 aliphatic carbocycles. The second-order valence-corrected chi connectivity index (χ2v) is 6.34. The van der Waals surface area contributed by atoms with Crippen LogP contribution in [0.2, 0.25) is 0 Å². The van der Waals surface area contributed by atoms with Crippen molar-refractivity contribution in [1.82, 2.24) is 0 Å². The predicted molar refractivity (Wildman–Crippen MR) is 90.0 cm³/mol. The van der Waals surface area contributed by atoms with Crippen LogP contribution in [0.4, 0.5) is 0 Å². The van der Waals surface area contributed by atoms with Crippen molar-refractivity contribution in [3.63, 3.8) is 0 Å². The van der Waals surface area contributed by atoms with Gasteiger partial charge < -0.3 is 10.5 Å². The molecule has 21 heavy (non-hydrogen) atoms. The number of hydrogen-bond donors (Lipinski definition) is 1. The van der Waals surface area contributed by atoms with Gasteiger partial charge in [0.05, 0.1) is 20.6 Å². The summed E-state index contributed by atoms with van der Waals surface area (Å²) in [5, 5.41) is 8.88. The van der Waals surface area contributed by atoms with Crippen molar-refractivity contribution in [1.29, 1.82) is 5.26 Å². The van der Waals surface area contributed by atoms with Gasteiger partial charge in [0.15, 0.2) is 0 Å². The molecule has 2 N–H and O–H groups in total. The number of rotatable bonds is 4. The quantitative estimate of drug-likeness (QED) is 0.812. The molecule has 0 aliphatic rings. The highest BCUT2D eigenvalue weighted by Crippen LogP contribution is 2.35. The molecule has 5 heteroatoms. The Morgan fingerprint density at radius 3 is 2.38 bits per heavy atom. The van der Waals surface area contributed by atoms with Crippen molar-refractivity contribution in [2.24, 2.45) is 5.73 Å². The number of aryl methyl sites for hydroxylation is 1. The lowest BCUT2D eigenvalue weighted by molar-refractivity contribution is 0.301. The fourth-order valence-corrected chi connectivity index (χ4v) is 3.46. The van der Waals surface area contributed by atoms with Crippen LogP contribution in [0.15, 0.2) is 39.3 Å². The number of nitrogens with zero attached hydrogens (tertiary/aromatic N) is 1. The lowest BCUT2D eigenvalue weighted by Gasteiger charge is -2.13. The average Bonchev–Trinajstić information content (AvgIpc) is 2.47. The lowest BCUT2D eigenvalue weighted by Crippen LogP contribution is -2.01. The van der Waals surface area contributed by atoms with Gasteiger partial charge in [-0.05, 0) is 79.7 Å². The Kier molecular flexibility index (Phi) is 5.40. The molecule has 0 heterocycles. The molecule has 0 fully saturated rings. The van der Waals surface area contributed by atoms with Gasteiger partial charge in [-0.15, -0.1) is 0 Å². The van der Waals surface area contributed by atoms with Crippen molar-refractivity contribution in [2.45, 2.75) is 20.1 Å². The van der Waals surface area contributed by atoms with Crippen molar-refractivity contribution < 1.29 is 4.74 Å². The number of nitriles is 1. The molecule has 0 bridgehead atoms. The molecule has 0 amide bonds. The van der Waals surface area contributed by atoms with Gasteiger partial charge in [0.2, 0.25) is 0 Å². The average molecular weight is 410 g/mol. The Balaban J connectivity index is 2.19. The Morgan fingerprint density at radius 1 is 1.19 bits per heavy atom. The summed E-state index contributed by atoms with van der Waals surface area (Å²) in [5.74, 6) is 0.746. The van der Waals surface area contributed by atoms with Gasteiger partial charge in [-0.3, -0.25) is 0 Å². The molecule has 0 radical (unpaired) electrons. The summed E-state index contributed by atoms with van der Waals surface area (Å²) in [7, 11) is 0. The van der Waals surface area contributed by atoms with Crippen LogP contribution < -0.4 is 10.5 Å². The standard InChI is InChI=1S/C16H14Br2N2O/c1-10-4-11(7-19)2-3-13(10)9-21-16-14(17)5-12(8-20)6-15(16)18/h2-6H,8-9,20H2,1H3. The van der Waals surface area contributed by atoms with Crippen molar-refractivity contribution in [2.75, 3.05) is 0 Å². The minimum Gasteiger partial charge on any atom is -0.487 e. The van der Waals surface area contributed by atoms with Crippen LogP contribution in [0.25, 0.3) is 0 Å². The van der Waals surface area contributed by atoms with Gasteiger partial charge >= 0.3 is 0 Å². The first kappa shape index (κ1) is 16.0. The fraction of sp³-hybridized carbons (Fsp3) is 0.188. The Labute approximate surface area is 141 Å². The number of halogens is 2. The maximum Gasteiger partial charge on any atom is 0.148 e. The van der Waals surface area contributed by atoms with E-state index in [0.29, 0.717) is 18.7 Å². The Hall–Kier alpha value is -1.35. The third kappa shape index (κ3) is 3.85. The van der Waals surface area contributed by atoms with Gasteiger partial charge in [0, 0.05) is 6.54 Å². The predicted octanol–water partition coefficient (Wildman–Crippen LogP) is 4.43. The summed E-state index contributed by atoms with van der Waals surface area (Å²) in [6.45, 7) is 2.89. The number of hydrogen-bond acceptors (Lipinski definition) is 3. The molecule has 0 aliphatic heterocycles. The van der Waals surface area contributed by atoms with Gasteiger partial charge in [-0.2, -0.15) is 5.26 Å². The molecular weight excluding hydrogens is 396 g/mol. The molecule has 0 atom stereocenters. The molecular formula is C16H14Br2N2O. The summed E-state index contributed by atoms with van der Waals surface area (Å²) >= 11 is 7.00. The van der Waals surface area contributed by atoms with E-state index in [0.717, 1.165) is 31.4 Å². The second-order valence-electron chi connectivity index (χ2n) is 4.63. The maximum absolute atomic E-state index is 8.88. The summed E-state index contributed by atoms with van der Waals surface area (Å²) in [6, 6.07) is 11.6. The third-order valence-electron chi connectivity index (χ3n) is 3.14. The van der Waals surface area contributed by atoms with Crippen LogP contribution in [-0.4, -0.2) is 0 Å². The summed E-state index contributed by atoms with van der Waals surface area (Å²) < 4.78 is 7.62. The maximum atomic E-state index is 8.88. The van der Waals surface area contributed by atoms with Crippen LogP contribution in [0.5, 0.6) is 5.75 Å². The zero-order valence-corrected chi connectivity index (χ0v) is 14.7. The minimum atomic E-state index is 0.441. The van der Waals surface area contributed by atoms with E-state index in [1.54, 1.807) is 6.07 Å². The molecule has 0 spiro atoms. The molecule has 2 aromatic rings. The third-order valence-corrected chi connectivity index (χ3v) is 4.32. The van der Waals surface area contributed by atoms with Crippen LogP contribution in [-0.2, 0) is 13.2 Å². The van der Waals surface area contributed by atoms with E-state index in [1.165, 1.54) is 0 Å². The molecule has 0 saturated heterocycles. The van der Waals surface area contributed by atoms with Gasteiger partial charge in [0.1, 0.15) is 12.4 Å². The molecule has 2 rings (SSSR count). The van der Waals surface area contributed by atoms with E-state index < -0.39 is 0 Å². The monoisotopic (exact) mass is 408 g/mol. The first-order valence-corrected chi connectivity index (χ1v) is 7.94. The fourth-order valence-electron chi connectivity index (χ4n) is 1.95. The van der Waals surface area contributed by atoms with E-state index >= 15 is 0 Å². The minimum absolute atomic E-state index is 0.441. The van der Waals surface area contributed by atoms with E-state index in [2.05, 4.69) is 37.9 Å². The van der Waals surface area contributed by atoms with Crippen molar-refractivity contribution in [3.05, 3.63) is 61.5 Å². The highest BCUT2D eigenvalue weighted by Gasteiger charge is 2.10. The topological polar surface area (TPSA) is 59.0 Å². The van der Waals surface area contributed by atoms with Crippen LogP contribution in [0.1, 0.15) is 22.3 Å². The molecule has 2 aromatic carbocycles. The Bertz CT molecular complexity index is 685. The van der Waals surface area contributed by atoms with Gasteiger partial charge in [0.25, 0.3) is 0 Å². The highest BCUT2D eigenvalue weighted by atomic mass is 79.9. The Morgan fingerprint density at radius 2 is 1.86 bits per heavy atom. The number of ether oxygens (including phenoxy) is 1. The molecule has 3 nitrogen and oxygen atoms in total. The summed E-state index contributed by atoms with van der Waals surface area (Å²) in [6.07, 6.45) is 0. The largest absolute Gasteiger partial charge is 0.487 e. The molecule has 0 saturated carbocycles. The highest BCUT2D eigenvalue weighted by molar-refractivity contribution is 9.11. The smallest absolute Gasteiger partial charge is 0.148 e. The van der Waals surface area contributed by atoms with Crippen LogP contribution >= 0.6 is 31.9 Å². The molecule has 0 aromatic heterocycles. The molecule has 0 unspecified atom stereocenters. The SMILES string of the molecule is Cc1cc(C#N)ccc1COc1c(Br)cc(CN)cc1Br. The lowest BCUT2D eigenvalue weighted by atomic mass is 10.1. The molecule has 108 valence electrons. The zero-order chi connectivity index (χ0) is 15.4. The van der Waals surface area contributed by atoms with Crippen LogP contribution in [0.3, 0.4) is 0 Å². The first-order chi connectivity index (χ1) is 10.0. The second kappa shape index (κ2) is 7.08. The number of benzene rings is 2. The van der Waals surface area contributed by atoms with Gasteiger partial charge in [-0.1, -0.05) is 6.07 Å². The zero-order valence-electron chi connectivity index (χ0n) is 11.5. The van der Waals surface area contributed by atoms with E-state index in [4.69, 9.17) is 15.7 Å². The van der Waals surface area contributed by atoms with E-state index in [9.17, 15) is 0 Å². The number of nitrogens with two attached hydrogens (primary N) is 1. The van der Waals surface area contributed by atoms with Gasteiger partial charge in [-0.25, -0.2) is 0 Å². The van der Waals surface area contributed by atoms with Crippen molar-refractivity contribution >= 4 is 31.9 Å². The van der Waals surface area contributed by atoms with E-state index in [1.807, 2.05) is 31.2 Å². The normalized spacial score (nSPS) is 10.2. The van der Waals surface area contributed by atoms with Crippen LogP contribution in [0, 0.1) is 18.3 Å². The first-order valence-electron chi connectivity index (χ1n) is 6.35.